The lowest BCUT2D eigenvalue weighted by atomic mass is 10.2. The van der Waals surface area contributed by atoms with E-state index in [-0.39, 0.29) is 5.57 Å². The molecule has 0 radical (unpaired) electrons. The van der Waals surface area contributed by atoms with Crippen molar-refractivity contribution in [1.82, 2.24) is 4.98 Å². The topological polar surface area (TPSA) is 68.7 Å². The molecular weight excluding hydrogens is 284 g/mol. The van der Waals surface area contributed by atoms with Crippen molar-refractivity contribution in [2.75, 3.05) is 11.9 Å². The van der Waals surface area contributed by atoms with Crippen LogP contribution < -0.4 is 4.90 Å². The van der Waals surface area contributed by atoms with E-state index in [1.165, 1.54) is 26.2 Å². The van der Waals surface area contributed by atoms with Crippen molar-refractivity contribution < 1.29 is 19.1 Å². The molecule has 7 heteroatoms. The van der Waals surface area contributed by atoms with Crippen molar-refractivity contribution in [3.05, 3.63) is 35.3 Å². The minimum atomic E-state index is -1.25. The van der Waals surface area contributed by atoms with Gasteiger partial charge in [0.05, 0.1) is 0 Å². The van der Waals surface area contributed by atoms with Crippen LogP contribution in [-0.4, -0.2) is 29.8 Å². The molecular formula is C13H13ClN2O4. The van der Waals surface area contributed by atoms with Gasteiger partial charge in [0.15, 0.2) is 5.57 Å². The molecule has 1 aliphatic rings. The second-order valence-electron chi connectivity index (χ2n) is 4.67. The number of nitrogens with zero attached hydrogens (tertiary/aromatic N) is 2. The van der Waals surface area contributed by atoms with E-state index in [4.69, 9.17) is 21.1 Å². The highest BCUT2D eigenvalue weighted by Crippen LogP contribution is 2.24. The lowest BCUT2D eigenvalue weighted by Crippen LogP contribution is -2.42. The number of esters is 2. The molecule has 0 unspecified atom stereocenters. The summed E-state index contributed by atoms with van der Waals surface area (Å²) >= 11 is 5.78. The van der Waals surface area contributed by atoms with Gasteiger partial charge in [0, 0.05) is 39.0 Å². The van der Waals surface area contributed by atoms with E-state index in [2.05, 4.69) is 4.98 Å². The van der Waals surface area contributed by atoms with Crippen LogP contribution >= 0.6 is 11.6 Å². The van der Waals surface area contributed by atoms with Crippen LogP contribution in [0.3, 0.4) is 0 Å². The summed E-state index contributed by atoms with van der Waals surface area (Å²) in [5, 5.41) is 0.308. The smallest absolute Gasteiger partial charge is 0.350 e. The first-order chi connectivity index (χ1) is 9.28. The maximum atomic E-state index is 11.8. The number of rotatable bonds is 2. The lowest BCUT2D eigenvalue weighted by Gasteiger charge is -2.30. The molecule has 6 nitrogen and oxygen atoms in total. The van der Waals surface area contributed by atoms with Crippen molar-refractivity contribution in [2.45, 2.75) is 19.6 Å². The van der Waals surface area contributed by atoms with Crippen molar-refractivity contribution in [3.8, 4) is 0 Å². The zero-order valence-electron chi connectivity index (χ0n) is 11.2. The van der Waals surface area contributed by atoms with E-state index >= 15 is 0 Å². The number of aromatic nitrogens is 1. The van der Waals surface area contributed by atoms with E-state index in [1.54, 1.807) is 24.1 Å². The fraction of sp³-hybridized carbons (Fsp3) is 0.308. The number of cyclic esters (lactones) is 2. The molecule has 106 valence electrons. The molecule has 0 N–H and O–H groups in total. The van der Waals surface area contributed by atoms with Crippen molar-refractivity contribution in [2.24, 2.45) is 0 Å². The maximum Gasteiger partial charge on any atom is 0.350 e. The Balaban J connectivity index is 2.26. The van der Waals surface area contributed by atoms with Gasteiger partial charge in [-0.3, -0.25) is 0 Å². The Morgan fingerprint density at radius 2 is 1.90 bits per heavy atom. The SMILES string of the molecule is CN(C=C1C(=O)OC(C)(C)OC1=O)c1ccnc(Cl)c1. The second-order valence-corrected chi connectivity index (χ2v) is 5.06. The van der Waals surface area contributed by atoms with Crippen molar-refractivity contribution in [3.63, 3.8) is 0 Å². The predicted octanol–water partition coefficient (Wildman–Crippen LogP) is 1.89. The summed E-state index contributed by atoms with van der Waals surface area (Å²) < 4.78 is 10.0. The Kier molecular flexibility index (Phi) is 3.67. The van der Waals surface area contributed by atoms with Crippen molar-refractivity contribution >= 4 is 29.2 Å². The maximum absolute atomic E-state index is 11.8. The summed E-state index contributed by atoms with van der Waals surface area (Å²) in [6.45, 7) is 2.98. The molecule has 1 aliphatic heterocycles. The molecule has 0 atom stereocenters. The highest BCUT2D eigenvalue weighted by molar-refractivity contribution is 6.29. The highest BCUT2D eigenvalue weighted by atomic mass is 35.5. The first-order valence-corrected chi connectivity index (χ1v) is 6.19. The molecule has 1 saturated heterocycles. The van der Waals surface area contributed by atoms with Crippen LogP contribution in [0.5, 0.6) is 0 Å². The summed E-state index contributed by atoms with van der Waals surface area (Å²) in [5.74, 6) is -2.69. The molecule has 20 heavy (non-hydrogen) atoms. The van der Waals surface area contributed by atoms with Gasteiger partial charge in [-0.2, -0.15) is 0 Å². The Labute approximate surface area is 120 Å². The van der Waals surface area contributed by atoms with Crippen LogP contribution in [0.15, 0.2) is 30.1 Å². The van der Waals surface area contributed by atoms with Crippen LogP contribution in [0.1, 0.15) is 13.8 Å². The van der Waals surface area contributed by atoms with Gasteiger partial charge in [0.1, 0.15) is 5.15 Å². The van der Waals surface area contributed by atoms with Gasteiger partial charge in [-0.1, -0.05) is 11.6 Å². The molecule has 1 fully saturated rings. The van der Waals surface area contributed by atoms with Crippen LogP contribution in [0.25, 0.3) is 0 Å². The Morgan fingerprint density at radius 3 is 2.45 bits per heavy atom. The fourth-order valence-corrected chi connectivity index (χ4v) is 1.81. The third-order valence-corrected chi connectivity index (χ3v) is 2.76. The average molecular weight is 297 g/mol. The monoisotopic (exact) mass is 296 g/mol. The van der Waals surface area contributed by atoms with Gasteiger partial charge in [-0.15, -0.1) is 0 Å². The van der Waals surface area contributed by atoms with Crippen LogP contribution in [0.2, 0.25) is 5.15 Å². The Hall–Kier alpha value is -2.08. The van der Waals surface area contributed by atoms with Gasteiger partial charge >= 0.3 is 11.9 Å². The number of carbonyl (C=O) groups excluding carboxylic acids is 2. The molecule has 2 heterocycles. The third-order valence-electron chi connectivity index (χ3n) is 2.56. The minimum Gasteiger partial charge on any atom is -0.419 e. The largest absolute Gasteiger partial charge is 0.419 e. The summed E-state index contributed by atoms with van der Waals surface area (Å²) in [6.07, 6.45) is 2.86. The van der Waals surface area contributed by atoms with E-state index in [0.717, 1.165) is 0 Å². The Morgan fingerprint density at radius 1 is 1.30 bits per heavy atom. The number of hydrogen-bond acceptors (Lipinski definition) is 6. The number of carbonyl (C=O) groups is 2. The van der Waals surface area contributed by atoms with E-state index in [9.17, 15) is 9.59 Å². The summed E-state index contributed by atoms with van der Waals surface area (Å²) in [6, 6.07) is 3.29. The van der Waals surface area contributed by atoms with Gasteiger partial charge in [0.2, 0.25) is 0 Å². The van der Waals surface area contributed by atoms with E-state index in [1.807, 2.05) is 0 Å². The number of pyridine rings is 1. The average Bonchev–Trinajstić information content (AvgIpc) is 2.32. The molecule has 0 bridgehead atoms. The van der Waals surface area contributed by atoms with Crippen LogP contribution in [0.4, 0.5) is 5.69 Å². The second kappa shape index (κ2) is 5.13. The number of ether oxygens (including phenoxy) is 2. The number of halogens is 1. The molecule has 0 spiro atoms. The molecule has 0 aliphatic carbocycles. The van der Waals surface area contributed by atoms with E-state index in [0.29, 0.717) is 10.8 Å². The quantitative estimate of drug-likeness (QED) is 0.359. The Bertz CT molecular complexity index is 576. The predicted molar refractivity (Wildman–Crippen MR) is 72.0 cm³/mol. The van der Waals surface area contributed by atoms with E-state index < -0.39 is 17.7 Å². The summed E-state index contributed by atoms with van der Waals surface area (Å²) in [4.78, 5) is 29.0. The lowest BCUT2D eigenvalue weighted by molar-refractivity contribution is -0.222. The standard InChI is InChI=1S/C13H13ClN2O4/c1-13(2)19-11(17)9(12(18)20-13)7-16(3)8-4-5-15-10(14)6-8/h4-7H,1-3H3. The third kappa shape index (κ3) is 3.08. The molecule has 0 amide bonds. The molecule has 0 aromatic carbocycles. The number of anilines is 1. The molecule has 2 rings (SSSR count). The first-order valence-electron chi connectivity index (χ1n) is 5.81. The van der Waals surface area contributed by atoms with Crippen molar-refractivity contribution in [1.29, 1.82) is 0 Å². The zero-order valence-corrected chi connectivity index (χ0v) is 12.0. The van der Waals surface area contributed by atoms with Crippen LogP contribution in [0, 0.1) is 0 Å². The zero-order chi connectivity index (χ0) is 14.9. The fourth-order valence-electron chi connectivity index (χ4n) is 1.65. The van der Waals surface area contributed by atoms with Gasteiger partial charge in [0.25, 0.3) is 5.79 Å². The number of hydrogen-bond donors (Lipinski definition) is 0. The van der Waals surface area contributed by atoms with Crippen LogP contribution in [-0.2, 0) is 19.1 Å². The van der Waals surface area contributed by atoms with Gasteiger partial charge in [-0.25, -0.2) is 14.6 Å². The molecule has 1 aromatic rings. The molecule has 0 saturated carbocycles. The van der Waals surface area contributed by atoms with Gasteiger partial charge < -0.3 is 14.4 Å². The summed E-state index contributed by atoms with van der Waals surface area (Å²) in [7, 11) is 1.67. The molecule has 1 aromatic heterocycles. The first kappa shape index (κ1) is 14.3. The van der Waals surface area contributed by atoms with Gasteiger partial charge in [-0.05, 0) is 12.1 Å². The summed E-state index contributed by atoms with van der Waals surface area (Å²) in [5.41, 5.74) is 0.489. The normalized spacial score (nSPS) is 17.3. The highest BCUT2D eigenvalue weighted by Gasteiger charge is 2.39. The minimum absolute atomic E-state index is 0.181.